The van der Waals surface area contributed by atoms with E-state index in [1.165, 1.54) is 27.3 Å². The van der Waals surface area contributed by atoms with E-state index in [1.807, 2.05) is 6.92 Å². The van der Waals surface area contributed by atoms with E-state index in [1.54, 1.807) is 11.3 Å². The maximum absolute atomic E-state index is 4.94. The number of hydrogen-bond donors (Lipinski definition) is 1. The number of thiophene rings is 1. The fourth-order valence-electron chi connectivity index (χ4n) is 3.71. The maximum atomic E-state index is 4.94. The first-order valence-corrected chi connectivity index (χ1v) is 9.68. The number of rotatable bonds is 3. The molecule has 0 amide bonds. The van der Waals surface area contributed by atoms with Crippen LogP contribution in [0.2, 0.25) is 0 Å². The van der Waals surface area contributed by atoms with E-state index in [0.717, 1.165) is 29.1 Å². The lowest BCUT2D eigenvalue weighted by Gasteiger charge is -2.24. The van der Waals surface area contributed by atoms with Crippen LogP contribution in [0.15, 0.2) is 70.9 Å². The zero-order valence-electron chi connectivity index (χ0n) is 15.5. The van der Waals surface area contributed by atoms with Crippen molar-refractivity contribution in [2.24, 2.45) is 5.10 Å². The lowest BCUT2D eigenvalue weighted by molar-refractivity contribution is 0.301. The van der Waals surface area contributed by atoms with Crippen LogP contribution in [0.3, 0.4) is 0 Å². The van der Waals surface area contributed by atoms with Crippen molar-refractivity contribution in [3.05, 3.63) is 82.5 Å². The van der Waals surface area contributed by atoms with Gasteiger partial charge in [-0.05, 0) is 43.4 Å². The molecule has 26 heavy (non-hydrogen) atoms. The van der Waals surface area contributed by atoms with Gasteiger partial charge in [-0.2, -0.15) is 5.10 Å². The van der Waals surface area contributed by atoms with Crippen molar-refractivity contribution in [1.82, 2.24) is 5.01 Å². The number of hydrazone groups is 1. The van der Waals surface area contributed by atoms with Gasteiger partial charge in [-0.15, -0.1) is 11.3 Å². The minimum Gasteiger partial charge on any atom is -0.347 e. The number of hydrogen-bond acceptors (Lipinski definition) is 4. The largest absolute Gasteiger partial charge is 0.347 e. The monoisotopic (exact) mass is 361 g/mol. The van der Waals surface area contributed by atoms with Crippen molar-refractivity contribution in [2.75, 3.05) is 5.32 Å². The number of aryl methyl sites for hydroxylation is 1. The van der Waals surface area contributed by atoms with E-state index in [-0.39, 0.29) is 6.04 Å². The molecular weight excluding hydrogens is 338 g/mol. The molecule has 4 heteroatoms. The Balaban J connectivity index is 1.75. The van der Waals surface area contributed by atoms with Gasteiger partial charge in [0.05, 0.1) is 11.8 Å². The van der Waals surface area contributed by atoms with E-state index in [0.29, 0.717) is 0 Å². The summed E-state index contributed by atoms with van der Waals surface area (Å²) in [4.78, 5) is 0. The van der Waals surface area contributed by atoms with Crippen LogP contribution in [0.5, 0.6) is 0 Å². The Kier molecular flexibility index (Phi) is 4.08. The van der Waals surface area contributed by atoms with Gasteiger partial charge in [0, 0.05) is 29.0 Å². The second-order valence-corrected chi connectivity index (χ2v) is 7.94. The minimum absolute atomic E-state index is 0.181. The van der Waals surface area contributed by atoms with Crippen LogP contribution in [0.1, 0.15) is 43.0 Å². The molecule has 3 nitrogen and oxygen atoms in total. The highest BCUT2D eigenvalue weighted by Crippen LogP contribution is 2.43. The lowest BCUT2D eigenvalue weighted by Crippen LogP contribution is -2.17. The number of anilines is 1. The molecule has 0 spiro atoms. The molecule has 1 atom stereocenters. The maximum Gasteiger partial charge on any atom is 0.100 e. The summed E-state index contributed by atoms with van der Waals surface area (Å²) in [6.07, 6.45) is 0.850. The Bertz CT molecular complexity index is 960. The van der Waals surface area contributed by atoms with E-state index < -0.39 is 0 Å². The zero-order chi connectivity index (χ0) is 18.4. The third-order valence-corrected chi connectivity index (χ3v) is 5.89. The highest BCUT2D eigenvalue weighted by molar-refractivity contribution is 7.14. The standard InChI is InChI=1S/C22H23N3S/c1-13(2)25-20(17-8-6-14(3)7-9-17)12-19(24-25)21-15(4)18-10-11-26-22(18)23-16(21)5/h6-11,20,23H,1,5,12H2,2-4H3. The van der Waals surface area contributed by atoms with Crippen LogP contribution in [0, 0.1) is 6.92 Å². The highest BCUT2D eigenvalue weighted by atomic mass is 32.1. The lowest BCUT2D eigenvalue weighted by atomic mass is 9.90. The van der Waals surface area contributed by atoms with E-state index in [2.05, 4.69) is 73.0 Å². The van der Waals surface area contributed by atoms with E-state index in [9.17, 15) is 0 Å². The first-order chi connectivity index (χ1) is 12.5. The van der Waals surface area contributed by atoms with Crippen LogP contribution in [-0.2, 0) is 0 Å². The van der Waals surface area contributed by atoms with Crippen LogP contribution in [0.25, 0.3) is 5.57 Å². The number of nitrogens with zero attached hydrogens (tertiary/aromatic N) is 2. The predicted molar refractivity (Wildman–Crippen MR) is 112 cm³/mol. The molecule has 2 aromatic rings. The zero-order valence-corrected chi connectivity index (χ0v) is 16.3. The van der Waals surface area contributed by atoms with Gasteiger partial charge in [-0.3, -0.25) is 5.01 Å². The van der Waals surface area contributed by atoms with Gasteiger partial charge in [0.1, 0.15) is 5.00 Å². The first kappa shape index (κ1) is 16.9. The Morgan fingerprint density at radius 3 is 2.65 bits per heavy atom. The SMILES string of the molecule is C=C1Nc2sccc2C(C)=C1C1=NN(C(=C)C)C(c2ccc(C)cc2)C1. The summed E-state index contributed by atoms with van der Waals surface area (Å²) in [6, 6.07) is 11.1. The molecule has 0 radical (unpaired) electrons. The van der Waals surface area contributed by atoms with Crippen molar-refractivity contribution in [2.45, 2.75) is 33.2 Å². The second-order valence-electron chi connectivity index (χ2n) is 7.02. The average molecular weight is 362 g/mol. The second kappa shape index (κ2) is 6.29. The molecule has 1 N–H and O–H groups in total. The molecule has 2 aliphatic rings. The molecule has 0 bridgehead atoms. The topological polar surface area (TPSA) is 27.6 Å². The van der Waals surface area contributed by atoms with E-state index >= 15 is 0 Å². The molecule has 0 fully saturated rings. The van der Waals surface area contributed by atoms with Gasteiger partial charge in [0.15, 0.2) is 0 Å². The van der Waals surface area contributed by atoms with Crippen LogP contribution < -0.4 is 5.32 Å². The highest BCUT2D eigenvalue weighted by Gasteiger charge is 2.33. The van der Waals surface area contributed by atoms with Crippen LogP contribution >= 0.6 is 11.3 Å². The quantitative estimate of drug-likeness (QED) is 0.714. The molecule has 1 unspecified atom stereocenters. The molecule has 1 aromatic heterocycles. The van der Waals surface area contributed by atoms with Crippen molar-refractivity contribution >= 4 is 27.6 Å². The Labute approximate surface area is 159 Å². The molecule has 0 saturated heterocycles. The van der Waals surface area contributed by atoms with Gasteiger partial charge in [0.2, 0.25) is 0 Å². The molecule has 3 heterocycles. The van der Waals surface area contributed by atoms with Gasteiger partial charge in [0.25, 0.3) is 0 Å². The summed E-state index contributed by atoms with van der Waals surface area (Å²) in [6.45, 7) is 14.7. The van der Waals surface area contributed by atoms with Crippen molar-refractivity contribution in [1.29, 1.82) is 0 Å². The molecular formula is C22H23N3S. The molecule has 2 aliphatic heterocycles. The summed E-state index contributed by atoms with van der Waals surface area (Å²) in [5.41, 5.74) is 9.12. The fraction of sp³-hybridized carbons (Fsp3) is 0.227. The number of benzene rings is 1. The summed E-state index contributed by atoms with van der Waals surface area (Å²) in [5, 5.41) is 13.7. The molecule has 0 saturated carbocycles. The van der Waals surface area contributed by atoms with Gasteiger partial charge < -0.3 is 5.32 Å². The third-order valence-electron chi connectivity index (χ3n) is 5.06. The molecule has 1 aromatic carbocycles. The number of allylic oxidation sites excluding steroid dienone is 3. The normalized spacial score (nSPS) is 19.3. The van der Waals surface area contributed by atoms with Gasteiger partial charge in [-0.1, -0.05) is 43.0 Å². The van der Waals surface area contributed by atoms with Crippen molar-refractivity contribution in [3.63, 3.8) is 0 Å². The Morgan fingerprint density at radius 1 is 1.23 bits per heavy atom. The fourth-order valence-corrected chi connectivity index (χ4v) is 4.58. The summed E-state index contributed by atoms with van der Waals surface area (Å²) in [7, 11) is 0. The molecule has 132 valence electrons. The molecule has 0 aliphatic carbocycles. The van der Waals surface area contributed by atoms with Crippen LogP contribution in [-0.4, -0.2) is 10.7 Å². The number of fused-ring (bicyclic) bond motifs is 1. The molecule has 4 rings (SSSR count). The van der Waals surface area contributed by atoms with Gasteiger partial charge in [-0.25, -0.2) is 0 Å². The summed E-state index contributed by atoms with van der Waals surface area (Å²) < 4.78 is 0. The Morgan fingerprint density at radius 2 is 1.96 bits per heavy atom. The Hall–Kier alpha value is -2.59. The van der Waals surface area contributed by atoms with Crippen molar-refractivity contribution in [3.8, 4) is 0 Å². The smallest absolute Gasteiger partial charge is 0.100 e. The first-order valence-electron chi connectivity index (χ1n) is 8.80. The van der Waals surface area contributed by atoms with Crippen LogP contribution in [0.4, 0.5) is 5.00 Å². The summed E-state index contributed by atoms with van der Waals surface area (Å²) >= 11 is 1.71. The minimum atomic E-state index is 0.181. The van der Waals surface area contributed by atoms with Gasteiger partial charge >= 0.3 is 0 Å². The predicted octanol–water partition coefficient (Wildman–Crippen LogP) is 6.11. The summed E-state index contributed by atoms with van der Waals surface area (Å²) in [5.74, 6) is 0. The van der Waals surface area contributed by atoms with Crippen molar-refractivity contribution < 1.29 is 0 Å². The average Bonchev–Trinajstić information content (AvgIpc) is 3.23. The third kappa shape index (κ3) is 2.71. The van der Waals surface area contributed by atoms with E-state index in [4.69, 9.17) is 5.10 Å². The number of nitrogens with one attached hydrogen (secondary N) is 1.